The van der Waals surface area contributed by atoms with E-state index < -0.39 is 0 Å². The summed E-state index contributed by atoms with van der Waals surface area (Å²) in [5.41, 5.74) is 0. The third kappa shape index (κ3) is 3.30. The maximum Gasteiger partial charge on any atom is 0.209 e. The molecule has 0 saturated carbocycles. The fourth-order valence-corrected chi connectivity index (χ4v) is 1.95. The van der Waals surface area contributed by atoms with E-state index in [0.29, 0.717) is 11.8 Å². The first-order valence-electron chi connectivity index (χ1n) is 5.34. The Morgan fingerprint density at radius 1 is 1.28 bits per heavy atom. The molecule has 0 radical (unpaired) electrons. The van der Waals surface area contributed by atoms with Gasteiger partial charge in [-0.2, -0.15) is 0 Å². The van der Waals surface area contributed by atoms with Crippen LogP contribution < -0.4 is 15.3 Å². The van der Waals surface area contributed by atoms with Crippen molar-refractivity contribution in [2.75, 3.05) is 25.3 Å². The maximum absolute atomic E-state index is 5.58. The van der Waals surface area contributed by atoms with E-state index in [-0.39, 0.29) is 0 Å². The number of nitrogens with two attached hydrogens (primary N) is 1. The van der Waals surface area contributed by atoms with Crippen LogP contribution in [0.2, 0.25) is 0 Å². The van der Waals surface area contributed by atoms with Gasteiger partial charge in [0.15, 0.2) is 0 Å². The first-order valence-corrected chi connectivity index (χ1v) is 6.33. The number of hydrogen-bond donors (Lipinski definition) is 1. The zero-order chi connectivity index (χ0) is 12.8. The first-order chi connectivity index (χ1) is 8.79. The molecule has 0 atom stereocenters. The predicted molar refractivity (Wildman–Crippen MR) is 69.4 cm³/mol. The van der Waals surface area contributed by atoms with E-state index in [1.807, 2.05) is 24.3 Å². The standard InChI is InChI=1S/C11H14N4O2S/c1-16-9-2-4-10(5-3-9)17-6-7-18-11-14-13-8-15(11)12/h2-5,8H,6-7,12H2,1H3. The molecular weight excluding hydrogens is 252 g/mol. The Hall–Kier alpha value is -1.89. The molecule has 1 aromatic heterocycles. The summed E-state index contributed by atoms with van der Waals surface area (Å²) >= 11 is 1.50. The molecule has 2 N–H and O–H groups in total. The first kappa shape index (κ1) is 12.6. The minimum Gasteiger partial charge on any atom is -0.497 e. The Morgan fingerprint density at radius 2 is 2.00 bits per heavy atom. The topological polar surface area (TPSA) is 75.2 Å². The average molecular weight is 266 g/mol. The van der Waals surface area contributed by atoms with Crippen LogP contribution in [0.25, 0.3) is 0 Å². The lowest BCUT2D eigenvalue weighted by Gasteiger charge is -2.06. The molecule has 0 saturated heterocycles. The molecule has 1 aromatic carbocycles. The second-order valence-corrected chi connectivity index (χ2v) is 4.46. The molecule has 0 spiro atoms. The Bertz CT molecular complexity index is 486. The Balaban J connectivity index is 1.73. The number of benzene rings is 1. The molecule has 7 heteroatoms. The van der Waals surface area contributed by atoms with Gasteiger partial charge in [0.05, 0.1) is 13.7 Å². The summed E-state index contributed by atoms with van der Waals surface area (Å²) in [6, 6.07) is 7.46. The van der Waals surface area contributed by atoms with Crippen molar-refractivity contribution in [3.8, 4) is 11.5 Å². The van der Waals surface area contributed by atoms with E-state index in [0.717, 1.165) is 17.3 Å². The molecule has 0 bridgehead atoms. The number of thioether (sulfide) groups is 1. The molecule has 0 amide bonds. The van der Waals surface area contributed by atoms with Gasteiger partial charge in [0.2, 0.25) is 5.16 Å². The van der Waals surface area contributed by atoms with Crippen LogP contribution in [0.15, 0.2) is 35.7 Å². The summed E-state index contributed by atoms with van der Waals surface area (Å²) in [7, 11) is 1.63. The van der Waals surface area contributed by atoms with Gasteiger partial charge in [0.25, 0.3) is 0 Å². The maximum atomic E-state index is 5.58. The molecule has 0 aliphatic heterocycles. The summed E-state index contributed by atoms with van der Waals surface area (Å²) in [5.74, 6) is 7.96. The van der Waals surface area contributed by atoms with Crippen molar-refractivity contribution in [3.05, 3.63) is 30.6 Å². The highest BCUT2D eigenvalue weighted by atomic mass is 32.2. The van der Waals surface area contributed by atoms with Gasteiger partial charge in [-0.3, -0.25) is 0 Å². The summed E-state index contributed by atoms with van der Waals surface area (Å²) in [5, 5.41) is 8.23. The highest BCUT2D eigenvalue weighted by Crippen LogP contribution is 2.18. The van der Waals surface area contributed by atoms with Gasteiger partial charge >= 0.3 is 0 Å². The van der Waals surface area contributed by atoms with Gasteiger partial charge in [0, 0.05) is 5.75 Å². The molecule has 6 nitrogen and oxygen atoms in total. The molecule has 0 fully saturated rings. The Morgan fingerprint density at radius 3 is 2.61 bits per heavy atom. The van der Waals surface area contributed by atoms with E-state index in [1.54, 1.807) is 7.11 Å². The number of nitrogen functional groups attached to an aromatic ring is 1. The summed E-state index contributed by atoms with van der Waals surface area (Å²) in [6.07, 6.45) is 1.46. The molecule has 0 unspecified atom stereocenters. The molecule has 96 valence electrons. The van der Waals surface area contributed by atoms with E-state index in [9.17, 15) is 0 Å². The smallest absolute Gasteiger partial charge is 0.209 e. The highest BCUT2D eigenvalue weighted by molar-refractivity contribution is 7.99. The lowest BCUT2D eigenvalue weighted by Crippen LogP contribution is -2.09. The van der Waals surface area contributed by atoms with Crippen LogP contribution in [-0.4, -0.2) is 34.3 Å². The average Bonchev–Trinajstić information content (AvgIpc) is 2.81. The second kappa shape index (κ2) is 6.15. The fraction of sp³-hybridized carbons (Fsp3) is 0.273. The molecule has 18 heavy (non-hydrogen) atoms. The molecule has 0 aliphatic rings. The van der Waals surface area contributed by atoms with E-state index in [1.165, 1.54) is 22.8 Å². The zero-order valence-corrected chi connectivity index (χ0v) is 10.8. The van der Waals surface area contributed by atoms with E-state index >= 15 is 0 Å². The van der Waals surface area contributed by atoms with Crippen molar-refractivity contribution in [2.24, 2.45) is 0 Å². The Kier molecular flexibility index (Phi) is 4.30. The zero-order valence-electron chi connectivity index (χ0n) is 9.94. The van der Waals surface area contributed by atoms with Crippen molar-refractivity contribution in [1.29, 1.82) is 0 Å². The van der Waals surface area contributed by atoms with Crippen LogP contribution >= 0.6 is 11.8 Å². The second-order valence-electron chi connectivity index (χ2n) is 3.39. The number of methoxy groups -OCH3 is 1. The van der Waals surface area contributed by atoms with Crippen LogP contribution in [-0.2, 0) is 0 Å². The highest BCUT2D eigenvalue weighted by Gasteiger charge is 2.02. The summed E-state index contributed by atoms with van der Waals surface area (Å²) in [4.78, 5) is 0. The van der Waals surface area contributed by atoms with Crippen molar-refractivity contribution >= 4 is 11.8 Å². The summed E-state index contributed by atoms with van der Waals surface area (Å²) < 4.78 is 12.0. The molecule has 2 aromatic rings. The third-order valence-electron chi connectivity index (χ3n) is 2.18. The van der Waals surface area contributed by atoms with Crippen LogP contribution in [0.4, 0.5) is 0 Å². The van der Waals surface area contributed by atoms with Crippen molar-refractivity contribution in [2.45, 2.75) is 5.16 Å². The minimum absolute atomic E-state index is 0.573. The van der Waals surface area contributed by atoms with Gasteiger partial charge in [-0.25, -0.2) is 4.68 Å². The summed E-state index contributed by atoms with van der Waals surface area (Å²) in [6.45, 7) is 0.573. The van der Waals surface area contributed by atoms with Crippen LogP contribution in [0, 0.1) is 0 Å². The number of aromatic nitrogens is 3. The van der Waals surface area contributed by atoms with Gasteiger partial charge in [-0.15, -0.1) is 10.2 Å². The molecule has 2 rings (SSSR count). The normalized spacial score (nSPS) is 10.3. The van der Waals surface area contributed by atoms with Gasteiger partial charge in [-0.05, 0) is 24.3 Å². The van der Waals surface area contributed by atoms with Gasteiger partial charge in [0.1, 0.15) is 17.8 Å². The largest absolute Gasteiger partial charge is 0.497 e. The van der Waals surface area contributed by atoms with Gasteiger partial charge in [-0.1, -0.05) is 11.8 Å². The lowest BCUT2D eigenvalue weighted by atomic mass is 10.3. The third-order valence-corrected chi connectivity index (χ3v) is 3.10. The monoisotopic (exact) mass is 266 g/mol. The molecule has 1 heterocycles. The quantitative estimate of drug-likeness (QED) is 0.480. The number of rotatable bonds is 6. The van der Waals surface area contributed by atoms with Crippen LogP contribution in [0.1, 0.15) is 0 Å². The fourth-order valence-electron chi connectivity index (χ4n) is 1.30. The van der Waals surface area contributed by atoms with Crippen molar-refractivity contribution in [1.82, 2.24) is 14.9 Å². The van der Waals surface area contributed by atoms with Crippen LogP contribution in [0.5, 0.6) is 11.5 Å². The minimum atomic E-state index is 0.573. The number of nitrogens with zero attached hydrogens (tertiary/aromatic N) is 3. The van der Waals surface area contributed by atoms with E-state index in [4.69, 9.17) is 15.3 Å². The molecular formula is C11H14N4O2S. The number of hydrogen-bond acceptors (Lipinski definition) is 6. The van der Waals surface area contributed by atoms with Crippen LogP contribution in [0.3, 0.4) is 0 Å². The van der Waals surface area contributed by atoms with E-state index in [2.05, 4.69) is 10.2 Å². The van der Waals surface area contributed by atoms with Crippen molar-refractivity contribution in [3.63, 3.8) is 0 Å². The Labute approximate surface area is 109 Å². The van der Waals surface area contributed by atoms with Crippen molar-refractivity contribution < 1.29 is 9.47 Å². The lowest BCUT2D eigenvalue weighted by molar-refractivity contribution is 0.342. The van der Waals surface area contributed by atoms with Gasteiger partial charge < -0.3 is 15.3 Å². The number of ether oxygens (including phenoxy) is 2. The predicted octanol–water partition coefficient (Wildman–Crippen LogP) is 1.17. The SMILES string of the molecule is COc1ccc(OCCSc2nncn2N)cc1. The molecule has 0 aliphatic carbocycles.